The summed E-state index contributed by atoms with van der Waals surface area (Å²) in [4.78, 5) is 10.8. The Balaban J connectivity index is 2.06. The van der Waals surface area contributed by atoms with Gasteiger partial charge in [0.1, 0.15) is 0 Å². The van der Waals surface area contributed by atoms with Crippen molar-refractivity contribution in [2.45, 2.75) is 50.0 Å². The van der Waals surface area contributed by atoms with E-state index < -0.39 is 16.0 Å². The van der Waals surface area contributed by atoms with Gasteiger partial charge < -0.3 is 5.11 Å². The molecule has 1 fully saturated rings. The van der Waals surface area contributed by atoms with Crippen LogP contribution < -0.4 is 4.72 Å². The summed E-state index contributed by atoms with van der Waals surface area (Å²) in [5.41, 5.74) is 0.590. The largest absolute Gasteiger partial charge is 0.481 e. The summed E-state index contributed by atoms with van der Waals surface area (Å²) in [5, 5.41) is 8.71. The molecule has 0 radical (unpaired) electrons. The van der Waals surface area contributed by atoms with Gasteiger partial charge in [-0.2, -0.15) is 0 Å². The minimum absolute atomic E-state index is 0.00236. The second-order valence-corrected chi connectivity index (χ2v) is 7.52. The average molecular weight is 311 g/mol. The van der Waals surface area contributed by atoms with Gasteiger partial charge in [0.05, 0.1) is 11.3 Å². The molecule has 1 saturated carbocycles. The van der Waals surface area contributed by atoms with E-state index in [-0.39, 0.29) is 17.4 Å². The van der Waals surface area contributed by atoms with Gasteiger partial charge in [0.2, 0.25) is 10.0 Å². The molecule has 1 aliphatic carbocycles. The molecule has 0 aliphatic heterocycles. The summed E-state index contributed by atoms with van der Waals surface area (Å²) >= 11 is 0. The van der Waals surface area contributed by atoms with Crippen LogP contribution in [0.15, 0.2) is 29.2 Å². The molecule has 0 saturated heterocycles. The molecule has 0 bridgehead atoms. The fraction of sp³-hybridized carbons (Fsp3) is 0.533. The van der Waals surface area contributed by atoms with Gasteiger partial charge in [-0.25, -0.2) is 13.1 Å². The lowest BCUT2D eigenvalue weighted by Gasteiger charge is -2.27. The minimum atomic E-state index is -3.53. The average Bonchev–Trinajstić information content (AvgIpc) is 2.38. The zero-order valence-corrected chi connectivity index (χ0v) is 12.9. The van der Waals surface area contributed by atoms with Gasteiger partial charge >= 0.3 is 5.97 Å². The molecule has 5 nitrogen and oxygen atoms in total. The summed E-state index contributed by atoms with van der Waals surface area (Å²) in [6.07, 6.45) is 3.85. The Kier molecular flexibility index (Phi) is 5.00. The first kappa shape index (κ1) is 16.0. The Labute approximate surface area is 125 Å². The van der Waals surface area contributed by atoms with Crippen LogP contribution in [0.4, 0.5) is 0 Å². The van der Waals surface area contributed by atoms with Gasteiger partial charge in [0.25, 0.3) is 0 Å². The highest BCUT2D eigenvalue weighted by molar-refractivity contribution is 7.89. The van der Waals surface area contributed by atoms with Crippen molar-refractivity contribution in [3.05, 3.63) is 29.8 Å². The van der Waals surface area contributed by atoms with Crippen molar-refractivity contribution < 1.29 is 18.3 Å². The normalized spacial score (nSPS) is 22.9. The molecule has 116 valence electrons. The second kappa shape index (κ2) is 6.58. The van der Waals surface area contributed by atoms with E-state index in [1.165, 1.54) is 12.1 Å². The molecular formula is C15H21NO4S. The van der Waals surface area contributed by atoms with Gasteiger partial charge in [-0.1, -0.05) is 31.9 Å². The highest BCUT2D eigenvalue weighted by Crippen LogP contribution is 2.25. The van der Waals surface area contributed by atoms with Crippen LogP contribution in [0.25, 0.3) is 0 Å². The van der Waals surface area contributed by atoms with Gasteiger partial charge in [-0.15, -0.1) is 0 Å². The van der Waals surface area contributed by atoms with Crippen molar-refractivity contribution in [2.24, 2.45) is 5.92 Å². The molecule has 1 aliphatic rings. The molecular weight excluding hydrogens is 290 g/mol. The highest BCUT2D eigenvalue weighted by atomic mass is 32.2. The van der Waals surface area contributed by atoms with Gasteiger partial charge in [0, 0.05) is 6.04 Å². The zero-order valence-electron chi connectivity index (χ0n) is 12.1. The topological polar surface area (TPSA) is 83.5 Å². The number of carboxylic acids is 1. The third-order valence-corrected chi connectivity index (χ3v) is 5.38. The number of sulfonamides is 1. The van der Waals surface area contributed by atoms with E-state index in [0.29, 0.717) is 11.5 Å². The molecule has 0 spiro atoms. The van der Waals surface area contributed by atoms with Crippen LogP contribution in [0, 0.1) is 5.92 Å². The predicted octanol–water partition coefficient (Wildman–Crippen LogP) is 2.17. The van der Waals surface area contributed by atoms with Gasteiger partial charge in [-0.3, -0.25) is 4.79 Å². The van der Waals surface area contributed by atoms with E-state index in [1.54, 1.807) is 12.1 Å². The SMILES string of the molecule is CC1CCCC(NS(=O)(=O)c2ccc(CC(=O)O)cc2)C1. The molecule has 1 aromatic carbocycles. The summed E-state index contributed by atoms with van der Waals surface area (Å²) in [5.74, 6) is -0.385. The number of hydrogen-bond donors (Lipinski definition) is 2. The molecule has 0 amide bonds. The van der Waals surface area contributed by atoms with Crippen LogP contribution in [0.5, 0.6) is 0 Å². The quantitative estimate of drug-likeness (QED) is 0.873. The summed E-state index contributed by atoms with van der Waals surface area (Å²) in [7, 11) is -3.53. The fourth-order valence-electron chi connectivity index (χ4n) is 2.79. The molecule has 1 aromatic rings. The minimum Gasteiger partial charge on any atom is -0.481 e. The van der Waals surface area contributed by atoms with E-state index in [2.05, 4.69) is 11.6 Å². The summed E-state index contributed by atoms with van der Waals surface area (Å²) in [6.45, 7) is 2.14. The van der Waals surface area contributed by atoms with Crippen LogP contribution >= 0.6 is 0 Å². The van der Waals surface area contributed by atoms with Crippen LogP contribution in [0.2, 0.25) is 0 Å². The first-order valence-corrected chi connectivity index (χ1v) is 8.68. The lowest BCUT2D eigenvalue weighted by atomic mass is 9.88. The Morgan fingerprint density at radius 1 is 1.29 bits per heavy atom. The number of rotatable bonds is 5. The number of benzene rings is 1. The van der Waals surface area contributed by atoms with Crippen molar-refractivity contribution in [1.29, 1.82) is 0 Å². The lowest BCUT2D eigenvalue weighted by Crippen LogP contribution is -2.37. The van der Waals surface area contributed by atoms with Crippen LogP contribution in [-0.4, -0.2) is 25.5 Å². The summed E-state index contributed by atoms with van der Waals surface area (Å²) in [6, 6.07) is 6.02. The number of nitrogens with one attached hydrogen (secondary N) is 1. The highest BCUT2D eigenvalue weighted by Gasteiger charge is 2.24. The summed E-state index contributed by atoms with van der Waals surface area (Å²) < 4.78 is 27.4. The molecule has 6 heteroatoms. The Bertz CT molecular complexity index is 595. The van der Waals surface area contributed by atoms with E-state index in [0.717, 1.165) is 25.7 Å². The molecule has 21 heavy (non-hydrogen) atoms. The molecule has 0 heterocycles. The van der Waals surface area contributed by atoms with Crippen LogP contribution in [0.3, 0.4) is 0 Å². The smallest absolute Gasteiger partial charge is 0.307 e. The molecule has 2 atom stereocenters. The van der Waals surface area contributed by atoms with Gasteiger partial charge in [-0.05, 0) is 36.5 Å². The zero-order chi connectivity index (χ0) is 15.5. The van der Waals surface area contributed by atoms with E-state index in [1.807, 2.05) is 0 Å². The lowest BCUT2D eigenvalue weighted by molar-refractivity contribution is -0.136. The third-order valence-electron chi connectivity index (χ3n) is 3.85. The Hall–Kier alpha value is -1.40. The Morgan fingerprint density at radius 2 is 1.95 bits per heavy atom. The number of carboxylic acid groups (broad SMARTS) is 1. The van der Waals surface area contributed by atoms with Crippen molar-refractivity contribution in [3.63, 3.8) is 0 Å². The van der Waals surface area contributed by atoms with Crippen molar-refractivity contribution in [3.8, 4) is 0 Å². The third kappa shape index (κ3) is 4.54. The van der Waals surface area contributed by atoms with Crippen molar-refractivity contribution >= 4 is 16.0 Å². The van der Waals surface area contributed by atoms with Crippen molar-refractivity contribution in [1.82, 2.24) is 4.72 Å². The van der Waals surface area contributed by atoms with Crippen LogP contribution in [-0.2, 0) is 21.2 Å². The standard InChI is InChI=1S/C15H21NO4S/c1-11-3-2-4-13(9-11)16-21(19,20)14-7-5-12(6-8-14)10-15(17)18/h5-8,11,13,16H,2-4,9-10H2,1H3,(H,17,18). The molecule has 0 aromatic heterocycles. The van der Waals surface area contributed by atoms with Gasteiger partial charge in [0.15, 0.2) is 0 Å². The predicted molar refractivity (Wildman–Crippen MR) is 79.5 cm³/mol. The maximum atomic E-state index is 12.3. The first-order chi connectivity index (χ1) is 9.87. The van der Waals surface area contributed by atoms with Crippen molar-refractivity contribution in [2.75, 3.05) is 0 Å². The first-order valence-electron chi connectivity index (χ1n) is 7.20. The maximum absolute atomic E-state index is 12.3. The number of aliphatic carboxylic acids is 1. The molecule has 2 unspecified atom stereocenters. The molecule has 2 rings (SSSR count). The fourth-order valence-corrected chi connectivity index (χ4v) is 4.07. The van der Waals surface area contributed by atoms with Crippen LogP contribution in [0.1, 0.15) is 38.2 Å². The monoisotopic (exact) mass is 311 g/mol. The van der Waals surface area contributed by atoms with E-state index in [4.69, 9.17) is 5.11 Å². The van der Waals surface area contributed by atoms with E-state index in [9.17, 15) is 13.2 Å². The second-order valence-electron chi connectivity index (χ2n) is 5.80. The maximum Gasteiger partial charge on any atom is 0.307 e. The number of carbonyl (C=O) groups is 1. The molecule has 2 N–H and O–H groups in total. The Morgan fingerprint density at radius 3 is 2.52 bits per heavy atom. The number of hydrogen-bond acceptors (Lipinski definition) is 3. The van der Waals surface area contributed by atoms with E-state index >= 15 is 0 Å².